The molecule has 1 aromatic carbocycles. The number of hydrogen-bond acceptors (Lipinski definition) is 6. The summed E-state index contributed by atoms with van der Waals surface area (Å²) in [5.74, 6) is -4.65. The number of amides is 1. The van der Waals surface area contributed by atoms with Crippen molar-refractivity contribution in [3.05, 3.63) is 72.2 Å². The maximum atomic E-state index is 14.2. The monoisotopic (exact) mass is 571 g/mol. The van der Waals surface area contributed by atoms with Gasteiger partial charge >= 0.3 is 6.18 Å². The lowest BCUT2D eigenvalue weighted by Gasteiger charge is -2.23. The van der Waals surface area contributed by atoms with E-state index in [1.54, 1.807) is 0 Å². The van der Waals surface area contributed by atoms with E-state index in [2.05, 4.69) is 20.3 Å². The second kappa shape index (κ2) is 9.26. The zero-order valence-electron chi connectivity index (χ0n) is 19.8. The summed E-state index contributed by atoms with van der Waals surface area (Å²) in [5.41, 5.74) is -2.05. The number of benzene rings is 1. The normalized spacial score (nSPS) is 22.7. The maximum absolute atomic E-state index is 14.2. The van der Waals surface area contributed by atoms with Crippen molar-refractivity contribution in [2.75, 3.05) is 6.54 Å². The number of rotatable bonds is 6. The molecule has 2 aliphatic rings. The van der Waals surface area contributed by atoms with Crippen LogP contribution in [0, 0.1) is 11.2 Å². The van der Waals surface area contributed by atoms with Gasteiger partial charge in [0.1, 0.15) is 23.9 Å². The van der Waals surface area contributed by atoms with Gasteiger partial charge in [-0.15, -0.1) is 0 Å². The first-order valence-corrected chi connectivity index (χ1v) is 12.9. The first kappa shape index (κ1) is 27.0. The van der Waals surface area contributed by atoms with Crippen LogP contribution in [0.25, 0.3) is 11.3 Å². The highest BCUT2D eigenvalue weighted by molar-refractivity contribution is 7.89. The number of hydrogen-bond donors (Lipinski definition) is 1. The molecule has 2 atom stereocenters. The summed E-state index contributed by atoms with van der Waals surface area (Å²) in [6.45, 7) is -0.816. The van der Waals surface area contributed by atoms with Gasteiger partial charge in [-0.25, -0.2) is 31.6 Å². The van der Waals surface area contributed by atoms with Gasteiger partial charge in [0.15, 0.2) is 0 Å². The molecule has 3 heterocycles. The number of nitrogens with zero attached hydrogens (tertiary/aromatic N) is 4. The third-order valence-corrected chi connectivity index (χ3v) is 8.71. The van der Waals surface area contributed by atoms with Crippen LogP contribution in [0.5, 0.6) is 0 Å². The zero-order chi connectivity index (χ0) is 28.2. The number of carbonyl (C=O) groups excluding carboxylic acids is 1. The van der Waals surface area contributed by atoms with E-state index in [4.69, 9.17) is 0 Å². The first-order valence-electron chi connectivity index (χ1n) is 11.5. The summed E-state index contributed by atoms with van der Waals surface area (Å²) < 4.78 is 107. The molecule has 1 aliphatic carbocycles. The molecule has 1 aliphatic heterocycles. The highest BCUT2D eigenvalue weighted by Gasteiger charge is 2.76. The van der Waals surface area contributed by atoms with E-state index in [0.717, 1.165) is 47.2 Å². The van der Waals surface area contributed by atoms with E-state index in [1.165, 1.54) is 12.1 Å². The van der Waals surface area contributed by atoms with Crippen molar-refractivity contribution in [3.8, 4) is 11.3 Å². The van der Waals surface area contributed by atoms with Crippen LogP contribution < -0.4 is 5.32 Å². The average Bonchev–Trinajstić information content (AvgIpc) is 3.20. The standard InChI is InChI=1S/C24H19F6N5O3S/c25-15-2-4-17(5-3-15)39(37,38)35-12-22(11-23(22,26)27)8-19(35)21(36)32-10-16-7-18(34-13-33-16)14-1-6-20(31-9-14)24(28,29)30/h1-7,9,13,19H,8,10-12H2,(H,32,36)/t19-,22?/m0/s1. The van der Waals surface area contributed by atoms with Gasteiger partial charge in [-0.2, -0.15) is 17.5 Å². The van der Waals surface area contributed by atoms with Crippen LogP contribution in [0.2, 0.25) is 0 Å². The molecule has 8 nitrogen and oxygen atoms in total. The van der Waals surface area contributed by atoms with E-state index < -0.39 is 70.4 Å². The lowest BCUT2D eigenvalue weighted by molar-refractivity contribution is -0.141. The molecule has 1 unspecified atom stereocenters. The SMILES string of the molecule is O=C(NCc1cc(-c2ccc(C(F)(F)F)nc2)ncn1)[C@@H]1CC2(CN1S(=O)(=O)c1ccc(F)cc1)CC2(F)F. The fraction of sp³-hybridized carbons (Fsp3) is 0.333. The van der Waals surface area contributed by atoms with Crippen LogP contribution in [0.15, 0.2) is 59.9 Å². The van der Waals surface area contributed by atoms with E-state index in [-0.39, 0.29) is 28.4 Å². The Labute approximate surface area is 218 Å². The van der Waals surface area contributed by atoms with Crippen molar-refractivity contribution >= 4 is 15.9 Å². The van der Waals surface area contributed by atoms with Crippen LogP contribution in [-0.2, 0) is 27.5 Å². The summed E-state index contributed by atoms with van der Waals surface area (Å²) in [7, 11) is -4.41. The Hall–Kier alpha value is -3.59. The van der Waals surface area contributed by atoms with Crippen LogP contribution in [0.3, 0.4) is 0 Å². The van der Waals surface area contributed by atoms with E-state index >= 15 is 0 Å². The Balaban J connectivity index is 1.33. The number of sulfonamides is 1. The summed E-state index contributed by atoms with van der Waals surface area (Å²) in [6.07, 6.45) is -3.47. The van der Waals surface area contributed by atoms with Crippen molar-refractivity contribution in [1.29, 1.82) is 0 Å². The molecule has 39 heavy (non-hydrogen) atoms. The molecule has 2 fully saturated rings. The number of aromatic nitrogens is 3. The van der Waals surface area contributed by atoms with E-state index in [0.29, 0.717) is 0 Å². The molecule has 1 saturated carbocycles. The number of alkyl halides is 5. The summed E-state index contributed by atoms with van der Waals surface area (Å²) in [6, 6.07) is 5.72. The summed E-state index contributed by atoms with van der Waals surface area (Å²) in [4.78, 5) is 24.1. The van der Waals surface area contributed by atoms with Gasteiger partial charge in [0.25, 0.3) is 5.92 Å². The molecule has 1 amide bonds. The van der Waals surface area contributed by atoms with Crippen LogP contribution in [0.1, 0.15) is 24.2 Å². The molecule has 1 spiro atoms. The summed E-state index contributed by atoms with van der Waals surface area (Å²) in [5, 5.41) is 2.50. The van der Waals surface area contributed by atoms with Crippen LogP contribution in [0.4, 0.5) is 26.3 Å². The predicted molar refractivity (Wildman–Crippen MR) is 123 cm³/mol. The maximum Gasteiger partial charge on any atom is 0.433 e. The molecule has 5 rings (SSSR count). The highest BCUT2D eigenvalue weighted by Crippen LogP contribution is 2.66. The number of pyridine rings is 1. The Kier molecular flexibility index (Phi) is 6.41. The molecule has 3 aromatic rings. The first-order chi connectivity index (χ1) is 18.2. The molecule has 0 bridgehead atoms. The summed E-state index contributed by atoms with van der Waals surface area (Å²) >= 11 is 0. The topological polar surface area (TPSA) is 105 Å². The van der Waals surface area contributed by atoms with Gasteiger partial charge in [-0.05, 0) is 48.9 Å². The molecule has 206 valence electrons. The quantitative estimate of drug-likeness (QED) is 0.452. The van der Waals surface area contributed by atoms with Crippen molar-refractivity contribution in [2.24, 2.45) is 5.41 Å². The molecule has 0 radical (unpaired) electrons. The minimum atomic E-state index is -4.61. The molecule has 1 N–H and O–H groups in total. The Morgan fingerprint density at radius 2 is 1.77 bits per heavy atom. The lowest BCUT2D eigenvalue weighted by Crippen LogP contribution is -2.45. The van der Waals surface area contributed by atoms with Gasteiger partial charge in [0, 0.05) is 24.7 Å². The van der Waals surface area contributed by atoms with Gasteiger partial charge < -0.3 is 5.32 Å². The van der Waals surface area contributed by atoms with Gasteiger partial charge in [0.05, 0.1) is 28.2 Å². The van der Waals surface area contributed by atoms with Crippen molar-refractivity contribution in [1.82, 2.24) is 24.6 Å². The van der Waals surface area contributed by atoms with Crippen LogP contribution >= 0.6 is 0 Å². The third-order valence-electron chi connectivity index (χ3n) is 6.84. The van der Waals surface area contributed by atoms with Crippen LogP contribution in [-0.4, -0.2) is 52.1 Å². The van der Waals surface area contributed by atoms with Gasteiger partial charge in [-0.1, -0.05) is 0 Å². The average molecular weight is 572 g/mol. The fourth-order valence-electron chi connectivity index (χ4n) is 4.60. The molecular weight excluding hydrogens is 552 g/mol. The van der Waals surface area contributed by atoms with Gasteiger partial charge in [0.2, 0.25) is 15.9 Å². The lowest BCUT2D eigenvalue weighted by atomic mass is 10.0. The molecule has 1 saturated heterocycles. The van der Waals surface area contributed by atoms with E-state index in [9.17, 15) is 39.6 Å². The Morgan fingerprint density at radius 3 is 2.36 bits per heavy atom. The van der Waals surface area contributed by atoms with Crippen molar-refractivity contribution < 1.29 is 39.6 Å². The largest absolute Gasteiger partial charge is 0.433 e. The number of carbonyl (C=O) groups is 1. The van der Waals surface area contributed by atoms with Gasteiger partial charge in [-0.3, -0.25) is 9.78 Å². The van der Waals surface area contributed by atoms with E-state index in [1.807, 2.05) is 0 Å². The smallest absolute Gasteiger partial charge is 0.349 e. The van der Waals surface area contributed by atoms with Crippen molar-refractivity contribution in [2.45, 2.75) is 42.4 Å². The molecule has 15 heteroatoms. The Morgan fingerprint density at radius 1 is 1.08 bits per heavy atom. The second-order valence-corrected chi connectivity index (χ2v) is 11.3. The van der Waals surface area contributed by atoms with Crippen molar-refractivity contribution in [3.63, 3.8) is 0 Å². The Bertz CT molecular complexity index is 1520. The number of halogens is 6. The second-order valence-electron chi connectivity index (χ2n) is 9.43. The minimum Gasteiger partial charge on any atom is -0.349 e. The fourth-order valence-corrected chi connectivity index (χ4v) is 6.27. The predicted octanol–water partition coefficient (Wildman–Crippen LogP) is 3.80. The molecule has 2 aromatic heterocycles. The highest BCUT2D eigenvalue weighted by atomic mass is 32.2. The molecular formula is C24H19F6N5O3S. The minimum absolute atomic E-state index is 0.216. The number of nitrogens with one attached hydrogen (secondary N) is 1. The zero-order valence-corrected chi connectivity index (χ0v) is 20.6. The third kappa shape index (κ3) is 5.07.